The minimum Gasteiger partial charge on any atom is -0.283 e. The molecule has 1 rings (SSSR count). The van der Waals surface area contributed by atoms with E-state index >= 15 is 0 Å². The summed E-state index contributed by atoms with van der Waals surface area (Å²) in [5.74, 6) is 0. The molecular formula is C4H9ClNP. The van der Waals surface area contributed by atoms with E-state index in [1.54, 1.807) is 0 Å². The molecular weight excluding hydrogens is 128 g/mol. The van der Waals surface area contributed by atoms with E-state index in [0.29, 0.717) is 0 Å². The van der Waals surface area contributed by atoms with Gasteiger partial charge in [-0.2, -0.15) is 0 Å². The maximum absolute atomic E-state index is 5.77. The first-order chi connectivity index (χ1) is 3.39. The molecule has 1 unspecified atom stereocenters. The molecule has 7 heavy (non-hydrogen) atoms. The standard InChI is InChI=1S/C4H9ClNP/c5-7-4-2-1-3-6-7/h6H,1-4H2. The van der Waals surface area contributed by atoms with Gasteiger partial charge in [0.25, 0.3) is 0 Å². The van der Waals surface area contributed by atoms with Gasteiger partial charge in [0.1, 0.15) is 0 Å². The second-order valence-corrected chi connectivity index (χ2v) is 4.41. The van der Waals surface area contributed by atoms with E-state index in [0.717, 1.165) is 6.54 Å². The molecule has 1 N–H and O–H groups in total. The zero-order valence-corrected chi connectivity index (χ0v) is 5.80. The van der Waals surface area contributed by atoms with Crippen molar-refractivity contribution in [3.8, 4) is 0 Å². The van der Waals surface area contributed by atoms with Crippen molar-refractivity contribution >= 4 is 18.7 Å². The molecule has 0 bridgehead atoms. The summed E-state index contributed by atoms with van der Waals surface area (Å²) in [6.07, 6.45) is 3.84. The highest BCUT2D eigenvalue weighted by molar-refractivity contribution is 7.82. The van der Waals surface area contributed by atoms with E-state index in [-0.39, 0.29) is 7.43 Å². The van der Waals surface area contributed by atoms with Crippen molar-refractivity contribution in [2.75, 3.05) is 12.7 Å². The van der Waals surface area contributed by atoms with E-state index in [4.69, 9.17) is 11.2 Å². The normalized spacial score (nSPS) is 33.0. The second kappa shape index (κ2) is 2.86. The summed E-state index contributed by atoms with van der Waals surface area (Å²) in [5.41, 5.74) is 0. The van der Waals surface area contributed by atoms with E-state index < -0.39 is 0 Å². The topological polar surface area (TPSA) is 12.0 Å². The molecule has 0 aromatic heterocycles. The molecule has 0 aromatic carbocycles. The van der Waals surface area contributed by atoms with E-state index in [1.165, 1.54) is 19.0 Å². The Morgan fingerprint density at radius 2 is 2.29 bits per heavy atom. The molecule has 0 spiro atoms. The number of halogens is 1. The minimum atomic E-state index is -0.269. The monoisotopic (exact) mass is 137 g/mol. The molecule has 0 radical (unpaired) electrons. The SMILES string of the molecule is ClP1CCCCN1. The highest BCUT2D eigenvalue weighted by Gasteiger charge is 2.06. The minimum absolute atomic E-state index is 0.269. The van der Waals surface area contributed by atoms with Crippen molar-refractivity contribution in [2.24, 2.45) is 0 Å². The van der Waals surface area contributed by atoms with E-state index in [2.05, 4.69) is 5.09 Å². The summed E-state index contributed by atoms with van der Waals surface area (Å²) in [6, 6.07) is 0. The lowest BCUT2D eigenvalue weighted by Gasteiger charge is -2.15. The van der Waals surface area contributed by atoms with Crippen LogP contribution in [-0.2, 0) is 0 Å². The van der Waals surface area contributed by atoms with E-state index in [1.807, 2.05) is 0 Å². The number of rotatable bonds is 0. The van der Waals surface area contributed by atoms with Gasteiger partial charge in [0.15, 0.2) is 0 Å². The Balaban J connectivity index is 2.12. The molecule has 1 fully saturated rings. The third-order valence-corrected chi connectivity index (χ3v) is 3.21. The average molecular weight is 138 g/mol. The van der Waals surface area contributed by atoms with Crippen molar-refractivity contribution in [2.45, 2.75) is 12.8 Å². The molecule has 1 nitrogen and oxygen atoms in total. The number of hydrogen-bond acceptors (Lipinski definition) is 1. The molecule has 0 aliphatic carbocycles. The molecule has 1 aliphatic heterocycles. The van der Waals surface area contributed by atoms with Gasteiger partial charge in [-0.1, -0.05) is 11.2 Å². The lowest BCUT2D eigenvalue weighted by Crippen LogP contribution is -2.13. The molecule has 0 saturated carbocycles. The van der Waals surface area contributed by atoms with Gasteiger partial charge in [0.2, 0.25) is 0 Å². The Morgan fingerprint density at radius 3 is 2.57 bits per heavy atom. The van der Waals surface area contributed by atoms with Gasteiger partial charge in [-0.15, -0.1) is 0 Å². The first kappa shape index (κ1) is 5.81. The van der Waals surface area contributed by atoms with Crippen molar-refractivity contribution in [3.63, 3.8) is 0 Å². The Morgan fingerprint density at radius 1 is 1.43 bits per heavy atom. The van der Waals surface area contributed by atoms with Gasteiger partial charge in [-0.05, 0) is 19.0 Å². The van der Waals surface area contributed by atoms with Crippen LogP contribution >= 0.6 is 18.7 Å². The fourth-order valence-corrected chi connectivity index (χ4v) is 2.33. The van der Waals surface area contributed by atoms with Crippen LogP contribution in [0.3, 0.4) is 0 Å². The van der Waals surface area contributed by atoms with E-state index in [9.17, 15) is 0 Å². The highest BCUT2D eigenvalue weighted by atomic mass is 35.7. The van der Waals surface area contributed by atoms with Crippen LogP contribution in [0, 0.1) is 0 Å². The van der Waals surface area contributed by atoms with Crippen molar-refractivity contribution < 1.29 is 0 Å². The van der Waals surface area contributed by atoms with Crippen LogP contribution in [-0.4, -0.2) is 12.7 Å². The van der Waals surface area contributed by atoms with Crippen LogP contribution in [0.25, 0.3) is 0 Å². The first-order valence-electron chi connectivity index (χ1n) is 2.56. The fourth-order valence-electron chi connectivity index (χ4n) is 0.655. The Kier molecular flexibility index (Phi) is 2.37. The summed E-state index contributed by atoms with van der Waals surface area (Å²) in [4.78, 5) is 0. The average Bonchev–Trinajstić information content (AvgIpc) is 1.69. The lowest BCUT2D eigenvalue weighted by molar-refractivity contribution is 0.744. The Bertz CT molecular complexity index is 53.7. The number of nitrogens with one attached hydrogen (secondary N) is 1. The molecule has 1 saturated heterocycles. The van der Waals surface area contributed by atoms with Crippen LogP contribution in [0.5, 0.6) is 0 Å². The Labute approximate surface area is 50.0 Å². The summed E-state index contributed by atoms with van der Waals surface area (Å²) in [7, 11) is -0.269. The molecule has 42 valence electrons. The van der Waals surface area contributed by atoms with Crippen LogP contribution in [0.1, 0.15) is 12.8 Å². The Hall–Kier alpha value is 0.680. The molecule has 0 aromatic rings. The van der Waals surface area contributed by atoms with Gasteiger partial charge in [0.05, 0.1) is 7.43 Å². The maximum atomic E-state index is 5.77. The van der Waals surface area contributed by atoms with Crippen molar-refractivity contribution in [1.29, 1.82) is 0 Å². The third kappa shape index (κ3) is 1.94. The smallest absolute Gasteiger partial charge is 0.0598 e. The molecule has 3 heteroatoms. The summed E-state index contributed by atoms with van der Waals surface area (Å²) in [6.45, 7) is 1.13. The predicted octanol–water partition coefficient (Wildman–Crippen LogP) is 1.92. The fraction of sp³-hybridized carbons (Fsp3) is 1.00. The van der Waals surface area contributed by atoms with Gasteiger partial charge in [0, 0.05) is 6.54 Å². The predicted molar refractivity (Wildman–Crippen MR) is 34.9 cm³/mol. The lowest BCUT2D eigenvalue weighted by atomic mass is 10.3. The van der Waals surface area contributed by atoms with Crippen LogP contribution in [0.15, 0.2) is 0 Å². The molecule has 1 atom stereocenters. The zero-order valence-electron chi connectivity index (χ0n) is 4.15. The largest absolute Gasteiger partial charge is 0.283 e. The van der Waals surface area contributed by atoms with Gasteiger partial charge in [-0.25, -0.2) is 0 Å². The number of hydrogen-bond donors (Lipinski definition) is 1. The van der Waals surface area contributed by atoms with Crippen molar-refractivity contribution in [1.82, 2.24) is 5.09 Å². The zero-order chi connectivity index (χ0) is 5.11. The van der Waals surface area contributed by atoms with Crippen LogP contribution in [0.4, 0.5) is 0 Å². The second-order valence-electron chi connectivity index (χ2n) is 1.70. The highest BCUT2D eigenvalue weighted by Crippen LogP contribution is 2.39. The molecule has 1 heterocycles. The summed E-state index contributed by atoms with van der Waals surface area (Å²) >= 11 is 5.77. The summed E-state index contributed by atoms with van der Waals surface area (Å²) in [5, 5.41) is 3.21. The maximum Gasteiger partial charge on any atom is 0.0598 e. The molecule has 1 aliphatic rings. The van der Waals surface area contributed by atoms with Crippen LogP contribution in [0.2, 0.25) is 0 Å². The molecule has 0 amide bonds. The third-order valence-electron chi connectivity index (χ3n) is 1.06. The van der Waals surface area contributed by atoms with Crippen molar-refractivity contribution in [3.05, 3.63) is 0 Å². The van der Waals surface area contributed by atoms with Crippen LogP contribution < -0.4 is 5.09 Å². The van der Waals surface area contributed by atoms with Gasteiger partial charge in [-0.3, -0.25) is 5.09 Å². The van der Waals surface area contributed by atoms with Gasteiger partial charge >= 0.3 is 0 Å². The quantitative estimate of drug-likeness (QED) is 0.503. The first-order valence-corrected chi connectivity index (χ1v) is 4.99. The van der Waals surface area contributed by atoms with Gasteiger partial charge < -0.3 is 0 Å². The summed E-state index contributed by atoms with van der Waals surface area (Å²) < 4.78 is 0.